The molecular formula is C29H43N3O5. The lowest BCUT2D eigenvalue weighted by Gasteiger charge is -2.58. The number of carbonyl (C=O) groups excluding carboxylic acids is 3. The third kappa shape index (κ3) is 5.88. The van der Waals surface area contributed by atoms with E-state index in [0.717, 1.165) is 42.4 Å². The summed E-state index contributed by atoms with van der Waals surface area (Å²) in [5.74, 6) is 1.41. The van der Waals surface area contributed by atoms with Crippen LogP contribution < -0.4 is 11.1 Å². The molecule has 4 fully saturated rings. The average molecular weight is 514 g/mol. The van der Waals surface area contributed by atoms with Crippen LogP contribution in [-0.4, -0.2) is 51.6 Å². The maximum absolute atomic E-state index is 14.4. The van der Waals surface area contributed by atoms with Crippen LogP contribution in [0.5, 0.6) is 5.75 Å². The molecule has 4 aliphatic rings. The number of aromatic hydroxyl groups is 1. The van der Waals surface area contributed by atoms with Gasteiger partial charge < -0.3 is 25.8 Å². The summed E-state index contributed by atoms with van der Waals surface area (Å²) < 4.78 is 5.51. The highest BCUT2D eigenvalue weighted by atomic mass is 16.6. The number of aryl methyl sites for hydroxylation is 2. The maximum Gasteiger partial charge on any atom is 0.408 e. The number of hydrogen-bond acceptors (Lipinski definition) is 5. The summed E-state index contributed by atoms with van der Waals surface area (Å²) in [4.78, 5) is 41.5. The SMILES string of the molecule is Cc1cc(O)cc(C)c1C[C@H](NC(=O)OC(C)(C)C)C(=O)N(C1C2CC3CC(C2)CC1C3)[C@H](C)C(N)=O. The van der Waals surface area contributed by atoms with E-state index >= 15 is 0 Å². The molecule has 1 aromatic carbocycles. The van der Waals surface area contributed by atoms with E-state index in [0.29, 0.717) is 23.7 Å². The molecule has 1 aromatic rings. The standard InChI is InChI=1S/C29H43N3O5/c1-15-7-22(33)8-16(2)23(15)14-24(31-28(36)37-29(4,5)6)27(35)32(17(3)26(30)34)25-20-10-18-9-19(12-20)13-21(25)11-18/h7-8,17-21,24-25,33H,9-14H2,1-6H3,(H2,30,34)(H,31,36)/t17-,18?,19?,20?,21?,24+,25?/m1/s1. The van der Waals surface area contributed by atoms with Crippen LogP contribution in [0.25, 0.3) is 0 Å². The van der Waals surface area contributed by atoms with Crippen LogP contribution in [0.3, 0.4) is 0 Å². The molecular weight excluding hydrogens is 470 g/mol. The summed E-state index contributed by atoms with van der Waals surface area (Å²) in [5.41, 5.74) is 7.58. The van der Waals surface area contributed by atoms with Crippen LogP contribution in [0.1, 0.15) is 76.5 Å². The second-order valence-corrected chi connectivity index (χ2v) is 12.7. The number of hydrogen-bond donors (Lipinski definition) is 3. The van der Waals surface area contributed by atoms with Crippen LogP contribution >= 0.6 is 0 Å². The predicted molar refractivity (Wildman–Crippen MR) is 141 cm³/mol. The van der Waals surface area contributed by atoms with Gasteiger partial charge in [0.05, 0.1) is 0 Å². The molecule has 8 nitrogen and oxygen atoms in total. The zero-order valence-electron chi connectivity index (χ0n) is 23.0. The quantitative estimate of drug-likeness (QED) is 0.509. The summed E-state index contributed by atoms with van der Waals surface area (Å²) >= 11 is 0. The second kappa shape index (κ2) is 10.2. The predicted octanol–water partition coefficient (Wildman–Crippen LogP) is 3.97. The van der Waals surface area contributed by atoms with Crippen molar-refractivity contribution < 1.29 is 24.2 Å². The Hall–Kier alpha value is -2.77. The Morgan fingerprint density at radius 3 is 2.03 bits per heavy atom. The van der Waals surface area contributed by atoms with E-state index in [-0.39, 0.29) is 24.1 Å². The number of phenolic OH excluding ortho intramolecular Hbond substituents is 1. The van der Waals surface area contributed by atoms with Gasteiger partial charge in [-0.3, -0.25) is 9.59 Å². The van der Waals surface area contributed by atoms with Crippen LogP contribution in [-0.2, 0) is 20.7 Å². The number of primary amides is 1. The lowest BCUT2D eigenvalue weighted by atomic mass is 9.53. The van der Waals surface area contributed by atoms with E-state index < -0.39 is 29.7 Å². The molecule has 0 spiro atoms. The third-order valence-electron chi connectivity index (χ3n) is 8.66. The molecule has 37 heavy (non-hydrogen) atoms. The maximum atomic E-state index is 14.4. The molecule has 0 radical (unpaired) electrons. The van der Waals surface area contributed by atoms with Crippen molar-refractivity contribution in [2.45, 2.75) is 104 Å². The Bertz CT molecular complexity index is 1010. The summed E-state index contributed by atoms with van der Waals surface area (Å²) in [6, 6.07) is 1.50. The molecule has 4 aliphatic carbocycles. The summed E-state index contributed by atoms with van der Waals surface area (Å²) in [6.45, 7) is 10.8. The van der Waals surface area contributed by atoms with E-state index in [1.807, 2.05) is 13.8 Å². The van der Waals surface area contributed by atoms with Gasteiger partial charge in [0.1, 0.15) is 23.4 Å². The first-order chi connectivity index (χ1) is 17.2. The minimum Gasteiger partial charge on any atom is -0.508 e. The van der Waals surface area contributed by atoms with Gasteiger partial charge in [-0.15, -0.1) is 0 Å². The first-order valence-electron chi connectivity index (χ1n) is 13.6. The molecule has 4 bridgehead atoms. The van der Waals surface area contributed by atoms with Gasteiger partial charge in [-0.1, -0.05) is 0 Å². The molecule has 3 amide bonds. The minimum absolute atomic E-state index is 0.0623. The average Bonchev–Trinajstić information content (AvgIpc) is 2.75. The Kier molecular flexibility index (Phi) is 7.50. The Morgan fingerprint density at radius 1 is 1.05 bits per heavy atom. The first kappa shape index (κ1) is 27.3. The number of nitrogens with one attached hydrogen (secondary N) is 1. The Morgan fingerprint density at radius 2 is 1.57 bits per heavy atom. The molecule has 0 unspecified atom stereocenters. The molecule has 0 aromatic heterocycles. The Labute approximate surface area is 220 Å². The zero-order chi connectivity index (χ0) is 27.2. The van der Waals surface area contributed by atoms with Crippen LogP contribution in [0, 0.1) is 37.5 Å². The summed E-state index contributed by atoms with van der Waals surface area (Å²) in [6.07, 6.45) is 5.12. The van der Waals surface area contributed by atoms with E-state index in [1.54, 1.807) is 44.7 Å². The largest absolute Gasteiger partial charge is 0.508 e. The molecule has 4 N–H and O–H groups in total. The van der Waals surface area contributed by atoms with Gasteiger partial charge in [0.2, 0.25) is 11.8 Å². The minimum atomic E-state index is -0.948. The second-order valence-electron chi connectivity index (χ2n) is 12.7. The number of amides is 3. The van der Waals surface area contributed by atoms with Crippen LogP contribution in [0.15, 0.2) is 12.1 Å². The lowest BCUT2D eigenvalue weighted by Crippen LogP contribution is -2.65. The van der Waals surface area contributed by atoms with Crippen molar-refractivity contribution in [2.24, 2.45) is 29.4 Å². The van der Waals surface area contributed by atoms with Gasteiger partial charge in [-0.05, 0) is 126 Å². The van der Waals surface area contributed by atoms with Crippen LogP contribution in [0.4, 0.5) is 4.79 Å². The highest BCUT2D eigenvalue weighted by Crippen LogP contribution is 2.55. The molecule has 0 saturated heterocycles. The smallest absolute Gasteiger partial charge is 0.408 e. The normalized spacial score (nSPS) is 27.9. The van der Waals surface area contributed by atoms with Gasteiger partial charge in [0.15, 0.2) is 0 Å². The number of carbonyl (C=O) groups is 3. The van der Waals surface area contributed by atoms with Gasteiger partial charge in [0, 0.05) is 12.5 Å². The molecule has 0 heterocycles. The highest BCUT2D eigenvalue weighted by Gasteiger charge is 2.53. The molecule has 5 rings (SSSR count). The highest BCUT2D eigenvalue weighted by molar-refractivity contribution is 5.91. The zero-order valence-corrected chi connectivity index (χ0v) is 23.0. The fourth-order valence-corrected chi connectivity index (χ4v) is 7.41. The number of alkyl carbamates (subject to hydrolysis) is 1. The van der Waals surface area contributed by atoms with Crippen molar-refractivity contribution in [1.29, 1.82) is 0 Å². The van der Waals surface area contributed by atoms with Crippen molar-refractivity contribution in [1.82, 2.24) is 10.2 Å². The number of benzene rings is 1. The Balaban J connectivity index is 1.69. The molecule has 8 heteroatoms. The van der Waals surface area contributed by atoms with Crippen molar-refractivity contribution >= 4 is 17.9 Å². The van der Waals surface area contributed by atoms with E-state index in [9.17, 15) is 19.5 Å². The molecule has 2 atom stereocenters. The topological polar surface area (TPSA) is 122 Å². The summed E-state index contributed by atoms with van der Waals surface area (Å²) in [7, 11) is 0. The van der Waals surface area contributed by atoms with Crippen molar-refractivity contribution in [2.75, 3.05) is 0 Å². The third-order valence-corrected chi connectivity index (χ3v) is 8.66. The van der Waals surface area contributed by atoms with Crippen LogP contribution in [0.2, 0.25) is 0 Å². The summed E-state index contributed by atoms with van der Waals surface area (Å²) in [5, 5.41) is 12.8. The molecule has 204 valence electrons. The number of nitrogens with zero attached hydrogens (tertiary/aromatic N) is 1. The van der Waals surface area contributed by atoms with Gasteiger partial charge in [0.25, 0.3) is 0 Å². The lowest BCUT2D eigenvalue weighted by molar-refractivity contribution is -0.154. The van der Waals surface area contributed by atoms with Gasteiger partial charge >= 0.3 is 6.09 Å². The fourth-order valence-electron chi connectivity index (χ4n) is 7.41. The van der Waals surface area contributed by atoms with Gasteiger partial charge in [-0.2, -0.15) is 0 Å². The van der Waals surface area contributed by atoms with Crippen molar-refractivity contribution in [3.05, 3.63) is 28.8 Å². The monoisotopic (exact) mass is 513 g/mol. The van der Waals surface area contributed by atoms with E-state index in [4.69, 9.17) is 10.5 Å². The number of nitrogens with two attached hydrogens (primary N) is 1. The number of phenols is 1. The van der Waals surface area contributed by atoms with Crippen molar-refractivity contribution in [3.63, 3.8) is 0 Å². The van der Waals surface area contributed by atoms with E-state index in [2.05, 4.69) is 5.32 Å². The number of rotatable bonds is 7. The molecule has 0 aliphatic heterocycles. The van der Waals surface area contributed by atoms with Gasteiger partial charge in [-0.25, -0.2) is 4.79 Å². The number of ether oxygens (including phenoxy) is 1. The first-order valence-corrected chi connectivity index (χ1v) is 13.6. The molecule has 4 saturated carbocycles. The fraction of sp³-hybridized carbons (Fsp3) is 0.690. The van der Waals surface area contributed by atoms with E-state index in [1.165, 1.54) is 6.42 Å². The van der Waals surface area contributed by atoms with Crippen molar-refractivity contribution in [3.8, 4) is 5.75 Å².